The number of hydrogen-bond donors (Lipinski definition) is 6. The fourth-order valence-electron chi connectivity index (χ4n) is 8.38. The standard InChI is InChI=1S/C23H23ClFN5O3.C14H17ClFNO.C10H11ClFNO.C10H9N3O3.C4H6O.C2H4O.B.Na.H2O/c24-17-6-3-4-15(21(17)25)10-27-19(31)12-29(11-14-8-9-14)20(32)13-30-18-7-2-1-5-16(18)22(28-30)23(26)33;15-13-3-1-2-11(14(13)16)6-7-12(18)9-17-8-10-4-5-10;11-9-3-1-2-7(10(9)12)4-5-8(14)6-13;11-10(16)9-6-3-1-2-4-7(6)13(12-9)5-8(14)15;5-3-4-1-2-4;1-2-3;;;/h1-7,14H,8-13H2,(H2,26,33)(H,27,31);1-3,10,17H,4-9H2;1-3H,4-6,13H2;1-4H,5H2,(H2,11,16)(H,14,15);3-4H,1-2H2;2H,1H3;;;1H2/q;;;;;;;+1;/p-1. The number of primary amides is 2. The third kappa shape index (κ3) is 27.1. The molecule has 0 aliphatic heterocycles. The molecule has 3 aliphatic rings. The molecule has 2 heterocycles. The number of carbonyl (C=O) groups excluding carboxylic acids is 8. The quantitative estimate of drug-likeness (QED) is 0.0347. The molecule has 10 N–H and O–H groups in total. The minimum Gasteiger partial charge on any atom is -0.870 e. The number of aldehydes is 2. The van der Waals surface area contributed by atoms with Crippen molar-refractivity contribution in [2.24, 2.45) is 35.0 Å². The van der Waals surface area contributed by atoms with Crippen molar-refractivity contribution in [3.63, 3.8) is 0 Å². The van der Waals surface area contributed by atoms with Crippen LogP contribution in [0.2, 0.25) is 15.1 Å². The third-order valence-corrected chi connectivity index (χ3v) is 14.5. The molecule has 7 aromatic rings. The van der Waals surface area contributed by atoms with Crippen LogP contribution in [0.15, 0.2) is 103 Å². The normalized spacial score (nSPS) is 12.3. The van der Waals surface area contributed by atoms with Gasteiger partial charge in [0.1, 0.15) is 54.7 Å². The van der Waals surface area contributed by atoms with Gasteiger partial charge in [0.25, 0.3) is 11.8 Å². The van der Waals surface area contributed by atoms with Crippen molar-refractivity contribution in [2.75, 3.05) is 32.7 Å². The van der Waals surface area contributed by atoms with Gasteiger partial charge in [-0.1, -0.05) is 108 Å². The molecule has 2 aromatic heterocycles. The van der Waals surface area contributed by atoms with Gasteiger partial charge in [-0.3, -0.25) is 42.9 Å². The number of fused-ring (bicyclic) bond motifs is 2. The van der Waals surface area contributed by atoms with Gasteiger partial charge in [-0.25, -0.2) is 13.2 Å². The van der Waals surface area contributed by atoms with Crippen LogP contribution in [0.3, 0.4) is 0 Å². The number of aryl methyl sites for hydroxylation is 2. The number of Topliss-reactive ketones (excluding diaryl/α,β-unsaturated/α-hetero) is 2. The first-order chi connectivity index (χ1) is 42.6. The fraction of sp³-hybridized carbons (Fsp3) is 0.349. The summed E-state index contributed by atoms with van der Waals surface area (Å²) in [7, 11) is 0. The first kappa shape index (κ1) is 80.8. The van der Waals surface area contributed by atoms with Crippen LogP contribution in [-0.2, 0) is 66.0 Å². The number of rotatable bonds is 24. The molecular formula is C63H71BCl3F3N10NaO11. The van der Waals surface area contributed by atoms with Crippen molar-refractivity contribution in [1.82, 2.24) is 35.1 Å². The molecule has 3 radical (unpaired) electrons. The second-order valence-electron chi connectivity index (χ2n) is 20.9. The SMILES string of the molecule is CC=O.NC(=O)c1nn(CC(=O)N(CC(=O)NCc2cccc(Cl)c2F)CC2CC2)c2ccccc12.NC(=O)c1nn(CC(=O)O)c2ccccc12.NCC(=O)CCc1cccc(Cl)c1F.O=C(CCc1cccc(Cl)c1F)CNCC1CC1.O=CC1CC1.[B].[Na+].[OH-]. The van der Waals surface area contributed by atoms with Crippen LogP contribution in [0.1, 0.15) is 96.0 Å². The molecule has 29 heteroatoms. The van der Waals surface area contributed by atoms with Crippen molar-refractivity contribution >= 4 is 119 Å². The Hall–Kier alpha value is -7.33. The molecule has 5 aromatic carbocycles. The van der Waals surface area contributed by atoms with Crippen LogP contribution in [-0.4, -0.2) is 130 Å². The number of halogens is 6. The molecule has 21 nitrogen and oxygen atoms in total. The molecule has 3 saturated carbocycles. The van der Waals surface area contributed by atoms with E-state index in [1.54, 1.807) is 78.9 Å². The summed E-state index contributed by atoms with van der Waals surface area (Å²) in [6.07, 6.45) is 9.98. The second kappa shape index (κ2) is 41.3. The van der Waals surface area contributed by atoms with E-state index in [1.807, 2.05) is 0 Å². The summed E-state index contributed by atoms with van der Waals surface area (Å²) in [5, 5.41) is 23.9. The maximum atomic E-state index is 14.1. The number of aromatic nitrogens is 4. The van der Waals surface area contributed by atoms with E-state index in [1.165, 1.54) is 58.3 Å². The van der Waals surface area contributed by atoms with Gasteiger partial charge in [0.2, 0.25) is 11.8 Å². The third-order valence-electron chi connectivity index (χ3n) is 13.6. The number of carboxylic acid groups (broad SMARTS) is 1. The molecule has 0 atom stereocenters. The Balaban J connectivity index is 0.000000419. The largest absolute Gasteiger partial charge is 1.00 e. The number of hydrogen-bond acceptors (Lipinski definition) is 14. The molecule has 10 rings (SSSR count). The first-order valence-corrected chi connectivity index (χ1v) is 29.6. The molecule has 0 bridgehead atoms. The van der Waals surface area contributed by atoms with Crippen molar-refractivity contribution in [2.45, 2.75) is 90.8 Å². The molecular weight excluding hydrogens is 1270 g/mol. The molecule has 0 spiro atoms. The van der Waals surface area contributed by atoms with Gasteiger partial charge in [0, 0.05) is 56.6 Å². The minimum absolute atomic E-state index is 0. The van der Waals surface area contributed by atoms with Crippen LogP contribution in [0, 0.1) is 35.2 Å². The average Bonchev–Trinajstić information content (AvgIpc) is 2.77. The maximum absolute atomic E-state index is 14.1. The molecule has 0 unspecified atom stereocenters. The van der Waals surface area contributed by atoms with Crippen LogP contribution in [0.5, 0.6) is 0 Å². The Labute approximate surface area is 568 Å². The number of nitrogens with zero attached hydrogens (tertiary/aromatic N) is 5. The van der Waals surface area contributed by atoms with Crippen molar-refractivity contribution < 1.29 is 96.5 Å². The summed E-state index contributed by atoms with van der Waals surface area (Å²) in [5.74, 6) is -2.91. The smallest absolute Gasteiger partial charge is 0.870 e. The van der Waals surface area contributed by atoms with E-state index in [-0.39, 0.29) is 132 Å². The molecule has 92 heavy (non-hydrogen) atoms. The van der Waals surface area contributed by atoms with Gasteiger partial charge in [-0.05, 0) is 118 Å². The van der Waals surface area contributed by atoms with E-state index < -0.39 is 41.1 Å². The summed E-state index contributed by atoms with van der Waals surface area (Å²) >= 11 is 17.0. The summed E-state index contributed by atoms with van der Waals surface area (Å²) in [4.78, 5) is 101. The Bertz CT molecular complexity index is 3630. The van der Waals surface area contributed by atoms with Crippen molar-refractivity contribution in [3.8, 4) is 0 Å². The maximum Gasteiger partial charge on any atom is 1.00 e. The number of aliphatic carboxylic acids is 1. The Kier molecular flexibility index (Phi) is 36.3. The summed E-state index contributed by atoms with van der Waals surface area (Å²) in [5.41, 5.74) is 18.3. The minimum atomic E-state index is -1.02. The van der Waals surface area contributed by atoms with Gasteiger partial charge in [-0.2, -0.15) is 10.2 Å². The van der Waals surface area contributed by atoms with E-state index in [0.717, 1.165) is 50.7 Å². The van der Waals surface area contributed by atoms with Gasteiger partial charge in [0.15, 0.2) is 11.4 Å². The van der Waals surface area contributed by atoms with Gasteiger partial charge in [-0.15, -0.1) is 0 Å². The van der Waals surface area contributed by atoms with Gasteiger partial charge >= 0.3 is 35.5 Å². The Morgan fingerprint density at radius 1 is 0.652 bits per heavy atom. The monoisotopic (exact) mass is 1340 g/mol. The van der Waals surface area contributed by atoms with Gasteiger partial charge < -0.3 is 52.9 Å². The van der Waals surface area contributed by atoms with E-state index >= 15 is 0 Å². The zero-order valence-corrected chi connectivity index (χ0v) is 55.1. The number of carboxylic acids is 1. The van der Waals surface area contributed by atoms with Crippen LogP contribution >= 0.6 is 34.8 Å². The van der Waals surface area contributed by atoms with Crippen molar-refractivity contribution in [1.29, 1.82) is 0 Å². The van der Waals surface area contributed by atoms with Crippen LogP contribution in [0.4, 0.5) is 13.2 Å². The fourth-order valence-corrected chi connectivity index (χ4v) is 8.96. The number of ketones is 2. The number of carbonyl (C=O) groups is 9. The van der Waals surface area contributed by atoms with E-state index in [9.17, 15) is 51.5 Å². The molecule has 0 saturated heterocycles. The number of nitrogens with two attached hydrogens (primary N) is 3. The predicted octanol–water partition coefficient (Wildman–Crippen LogP) is 4.87. The average molecular weight is 1340 g/mol. The summed E-state index contributed by atoms with van der Waals surface area (Å²) in [6.45, 7) is 2.56. The zero-order chi connectivity index (χ0) is 65.2. The van der Waals surface area contributed by atoms with Crippen LogP contribution < -0.4 is 57.4 Å². The molecule has 4 amide bonds. The predicted molar refractivity (Wildman–Crippen MR) is 339 cm³/mol. The molecule has 3 aliphatic carbocycles. The Morgan fingerprint density at radius 3 is 1.50 bits per heavy atom. The molecule has 3 fully saturated rings. The van der Waals surface area contributed by atoms with Gasteiger partial charge in [0.05, 0.1) is 45.7 Å². The zero-order valence-electron chi connectivity index (χ0n) is 50.8. The number of amides is 4. The first-order valence-electron chi connectivity index (χ1n) is 28.4. The number of nitrogens with one attached hydrogen (secondary N) is 2. The summed E-state index contributed by atoms with van der Waals surface area (Å²) in [6, 6.07) is 28.1. The molecule has 485 valence electrons. The van der Waals surface area contributed by atoms with E-state index in [2.05, 4.69) is 20.8 Å². The van der Waals surface area contributed by atoms with E-state index in [4.69, 9.17) is 61.9 Å². The van der Waals surface area contributed by atoms with Crippen molar-refractivity contribution in [3.05, 3.63) is 164 Å². The van der Waals surface area contributed by atoms with Crippen LogP contribution in [0.25, 0.3) is 21.8 Å². The second-order valence-corrected chi connectivity index (χ2v) is 22.1. The summed E-state index contributed by atoms with van der Waals surface area (Å²) < 4.78 is 43.6. The number of para-hydroxylation sites is 2. The van der Waals surface area contributed by atoms with E-state index in [0.29, 0.717) is 77.1 Å². The topological polar surface area (TPSA) is 345 Å². The Morgan fingerprint density at radius 2 is 1.09 bits per heavy atom. The number of benzene rings is 5.